The van der Waals surface area contributed by atoms with E-state index >= 15 is 0 Å². The van der Waals surface area contributed by atoms with Crippen LogP contribution in [0.4, 0.5) is 0 Å². The highest BCUT2D eigenvalue weighted by Gasteiger charge is 2.35. The molecule has 118 valence electrons. The quantitative estimate of drug-likeness (QED) is 0.724. The topological polar surface area (TPSA) is 12.0 Å². The van der Waals surface area contributed by atoms with Crippen LogP contribution in [0.25, 0.3) is 0 Å². The molecule has 0 aliphatic heterocycles. The lowest BCUT2D eigenvalue weighted by molar-refractivity contribution is 0.117. The van der Waals surface area contributed by atoms with Crippen molar-refractivity contribution in [1.82, 2.24) is 5.32 Å². The highest BCUT2D eigenvalue weighted by atomic mass is 14.9. The summed E-state index contributed by atoms with van der Waals surface area (Å²) in [7, 11) is 2.21. The van der Waals surface area contributed by atoms with Crippen LogP contribution in [-0.2, 0) is 0 Å². The first-order chi connectivity index (χ1) is 9.65. The van der Waals surface area contributed by atoms with Gasteiger partial charge in [-0.15, -0.1) is 0 Å². The monoisotopic (exact) mass is 279 g/mol. The van der Waals surface area contributed by atoms with Gasteiger partial charge in [0.25, 0.3) is 0 Å². The van der Waals surface area contributed by atoms with E-state index in [-0.39, 0.29) is 0 Å². The second-order valence-electron chi connectivity index (χ2n) is 7.91. The molecule has 0 radical (unpaired) electrons. The van der Waals surface area contributed by atoms with Crippen LogP contribution in [0, 0.1) is 29.6 Å². The molecule has 0 heterocycles. The van der Waals surface area contributed by atoms with E-state index in [9.17, 15) is 0 Å². The third-order valence-corrected chi connectivity index (χ3v) is 6.58. The van der Waals surface area contributed by atoms with Crippen LogP contribution in [0.15, 0.2) is 0 Å². The van der Waals surface area contributed by atoms with Gasteiger partial charge in [-0.2, -0.15) is 0 Å². The Morgan fingerprint density at radius 3 is 2.10 bits per heavy atom. The molecule has 0 saturated heterocycles. The second kappa shape index (κ2) is 7.82. The van der Waals surface area contributed by atoms with Crippen LogP contribution < -0.4 is 5.32 Å². The van der Waals surface area contributed by atoms with Crippen LogP contribution >= 0.6 is 0 Å². The van der Waals surface area contributed by atoms with E-state index in [2.05, 4.69) is 33.1 Å². The highest BCUT2D eigenvalue weighted by Crippen LogP contribution is 2.41. The third-order valence-electron chi connectivity index (χ3n) is 6.58. The van der Waals surface area contributed by atoms with Crippen molar-refractivity contribution >= 4 is 0 Å². The van der Waals surface area contributed by atoms with E-state index in [1.165, 1.54) is 57.8 Å². The average molecular weight is 280 g/mol. The van der Waals surface area contributed by atoms with Crippen LogP contribution in [0.3, 0.4) is 0 Å². The zero-order valence-corrected chi connectivity index (χ0v) is 14.3. The Morgan fingerprint density at radius 1 is 0.900 bits per heavy atom. The fourth-order valence-electron chi connectivity index (χ4n) is 5.02. The maximum Gasteiger partial charge on any atom is 0.0121 e. The van der Waals surface area contributed by atoms with Crippen LogP contribution in [0.2, 0.25) is 0 Å². The largest absolute Gasteiger partial charge is 0.316 e. The van der Waals surface area contributed by atoms with Crippen molar-refractivity contribution in [2.24, 2.45) is 29.6 Å². The third kappa shape index (κ3) is 4.00. The lowest BCUT2D eigenvalue weighted by Crippen LogP contribution is -2.44. The van der Waals surface area contributed by atoms with Crippen LogP contribution in [-0.4, -0.2) is 13.1 Å². The predicted octanol–water partition coefficient (Wildman–Crippen LogP) is 5.25. The number of rotatable bonds is 5. The van der Waals surface area contributed by atoms with Gasteiger partial charge in [-0.3, -0.25) is 0 Å². The molecule has 0 aromatic heterocycles. The number of hydrogen-bond donors (Lipinski definition) is 1. The lowest BCUT2D eigenvalue weighted by atomic mass is 9.67. The standard InChI is InChI=1S/C19H37N/c1-5-6-16-8-11-17(12-9-16)19(20-4)18-10-7-14(2)15(3)13-18/h14-20H,5-13H2,1-4H3. The summed E-state index contributed by atoms with van der Waals surface area (Å²) in [5, 5.41) is 3.72. The summed E-state index contributed by atoms with van der Waals surface area (Å²) >= 11 is 0. The van der Waals surface area contributed by atoms with E-state index < -0.39 is 0 Å². The molecule has 2 aliphatic carbocycles. The number of nitrogens with one attached hydrogen (secondary N) is 1. The molecule has 4 atom stereocenters. The van der Waals surface area contributed by atoms with Gasteiger partial charge in [-0.05, 0) is 62.3 Å². The zero-order chi connectivity index (χ0) is 14.5. The molecule has 4 unspecified atom stereocenters. The lowest BCUT2D eigenvalue weighted by Gasteiger charge is -2.42. The summed E-state index contributed by atoms with van der Waals surface area (Å²) in [6.45, 7) is 7.26. The van der Waals surface area contributed by atoms with Crippen LogP contribution in [0.5, 0.6) is 0 Å². The molecule has 2 saturated carbocycles. The molecule has 0 aromatic carbocycles. The first-order valence-corrected chi connectivity index (χ1v) is 9.32. The first-order valence-electron chi connectivity index (χ1n) is 9.32. The molecule has 1 N–H and O–H groups in total. The van der Waals surface area contributed by atoms with Crippen molar-refractivity contribution < 1.29 is 0 Å². The highest BCUT2D eigenvalue weighted by molar-refractivity contribution is 4.89. The van der Waals surface area contributed by atoms with E-state index in [4.69, 9.17) is 0 Å². The Labute approximate surface area is 127 Å². The van der Waals surface area contributed by atoms with Crippen molar-refractivity contribution in [2.75, 3.05) is 7.05 Å². The Kier molecular flexibility index (Phi) is 6.39. The van der Waals surface area contributed by atoms with Crippen molar-refractivity contribution in [3.63, 3.8) is 0 Å². The summed E-state index contributed by atoms with van der Waals surface area (Å²) in [5.41, 5.74) is 0. The molecule has 2 aliphatic rings. The molecule has 0 bridgehead atoms. The molecule has 2 rings (SSSR count). The fraction of sp³-hybridized carbons (Fsp3) is 1.00. The molecule has 2 fully saturated rings. The molecule has 20 heavy (non-hydrogen) atoms. The molecule has 1 heteroatoms. The van der Waals surface area contributed by atoms with Gasteiger partial charge in [0.15, 0.2) is 0 Å². The summed E-state index contributed by atoms with van der Waals surface area (Å²) in [6.07, 6.45) is 13.2. The Bertz CT molecular complexity index is 267. The molecule has 1 nitrogen and oxygen atoms in total. The minimum absolute atomic E-state index is 0.799. The van der Waals surface area contributed by atoms with Crippen LogP contribution in [0.1, 0.15) is 78.6 Å². The maximum atomic E-state index is 3.72. The van der Waals surface area contributed by atoms with E-state index in [1.54, 1.807) is 0 Å². The van der Waals surface area contributed by atoms with E-state index in [0.29, 0.717) is 0 Å². The first kappa shape index (κ1) is 16.3. The Hall–Kier alpha value is -0.0400. The molecule has 0 spiro atoms. The summed E-state index contributed by atoms with van der Waals surface area (Å²) < 4.78 is 0. The smallest absolute Gasteiger partial charge is 0.0121 e. The fourth-order valence-corrected chi connectivity index (χ4v) is 5.02. The van der Waals surface area contributed by atoms with Gasteiger partial charge < -0.3 is 5.32 Å². The SMILES string of the molecule is CCCC1CCC(C(NC)C2CCC(C)C(C)C2)CC1. The van der Waals surface area contributed by atoms with Gasteiger partial charge in [0.1, 0.15) is 0 Å². The van der Waals surface area contributed by atoms with Gasteiger partial charge in [0.05, 0.1) is 0 Å². The van der Waals surface area contributed by atoms with Gasteiger partial charge in [-0.1, -0.05) is 52.9 Å². The minimum Gasteiger partial charge on any atom is -0.316 e. The molecular weight excluding hydrogens is 242 g/mol. The van der Waals surface area contributed by atoms with Crippen molar-refractivity contribution in [3.05, 3.63) is 0 Å². The average Bonchev–Trinajstić information content (AvgIpc) is 2.46. The number of hydrogen-bond acceptors (Lipinski definition) is 1. The summed E-state index contributed by atoms with van der Waals surface area (Å²) in [6, 6.07) is 0.799. The van der Waals surface area contributed by atoms with E-state index in [1.807, 2.05) is 0 Å². The van der Waals surface area contributed by atoms with E-state index in [0.717, 1.165) is 35.6 Å². The normalized spacial score (nSPS) is 40.5. The van der Waals surface area contributed by atoms with Gasteiger partial charge in [0, 0.05) is 6.04 Å². The summed E-state index contributed by atoms with van der Waals surface area (Å²) in [4.78, 5) is 0. The Morgan fingerprint density at radius 2 is 1.55 bits per heavy atom. The summed E-state index contributed by atoms with van der Waals surface area (Å²) in [5.74, 6) is 4.82. The second-order valence-corrected chi connectivity index (χ2v) is 7.91. The van der Waals surface area contributed by atoms with Gasteiger partial charge in [-0.25, -0.2) is 0 Å². The molecule has 0 aromatic rings. The Balaban J connectivity index is 1.86. The van der Waals surface area contributed by atoms with Crippen molar-refractivity contribution in [1.29, 1.82) is 0 Å². The molecule has 0 amide bonds. The minimum atomic E-state index is 0.799. The van der Waals surface area contributed by atoms with Crippen molar-refractivity contribution in [2.45, 2.75) is 84.6 Å². The van der Waals surface area contributed by atoms with Gasteiger partial charge in [0.2, 0.25) is 0 Å². The predicted molar refractivity (Wildman–Crippen MR) is 88.9 cm³/mol. The van der Waals surface area contributed by atoms with Crippen molar-refractivity contribution in [3.8, 4) is 0 Å². The maximum absolute atomic E-state index is 3.72. The molecular formula is C19H37N. The zero-order valence-electron chi connectivity index (χ0n) is 14.3. The van der Waals surface area contributed by atoms with Gasteiger partial charge >= 0.3 is 0 Å².